The zero-order valence-corrected chi connectivity index (χ0v) is 17.5. The van der Waals surface area contributed by atoms with E-state index >= 15 is 0 Å². The van der Waals surface area contributed by atoms with Crippen LogP contribution in [-0.4, -0.2) is 54.5 Å². The summed E-state index contributed by atoms with van der Waals surface area (Å²) < 4.78 is 5.11. The number of nitrogens with zero attached hydrogens (tertiary/aromatic N) is 2. The molecule has 0 saturated carbocycles. The van der Waals surface area contributed by atoms with Gasteiger partial charge in [-0.25, -0.2) is 4.79 Å². The van der Waals surface area contributed by atoms with Gasteiger partial charge in [-0.2, -0.15) is 0 Å². The number of benzene rings is 1. The molecule has 1 fully saturated rings. The van der Waals surface area contributed by atoms with Gasteiger partial charge >= 0.3 is 5.97 Å². The van der Waals surface area contributed by atoms with Crippen molar-refractivity contribution in [2.75, 3.05) is 37.7 Å². The van der Waals surface area contributed by atoms with Gasteiger partial charge in [-0.1, -0.05) is 17.7 Å². The lowest BCUT2D eigenvalue weighted by molar-refractivity contribution is 0.0525. The molecule has 0 aliphatic carbocycles. The normalized spacial score (nSPS) is 14.3. The Balaban J connectivity index is 1.73. The maximum Gasteiger partial charge on any atom is 0.340 e. The fourth-order valence-electron chi connectivity index (χ4n) is 3.71. The van der Waals surface area contributed by atoms with Crippen LogP contribution in [0.3, 0.4) is 0 Å². The number of esters is 1. The fourth-order valence-corrected chi connectivity index (χ4v) is 3.87. The third-order valence-corrected chi connectivity index (χ3v) is 5.44. The molecule has 0 radical (unpaired) electrons. The van der Waals surface area contributed by atoms with Crippen LogP contribution in [0.2, 0.25) is 5.02 Å². The molecule has 2 heterocycles. The molecule has 1 N–H and O–H groups in total. The van der Waals surface area contributed by atoms with Crippen molar-refractivity contribution < 1.29 is 14.3 Å². The molecule has 1 amide bonds. The average Bonchev–Trinajstić information content (AvgIpc) is 2.97. The second-order valence-electron chi connectivity index (χ2n) is 7.06. The molecule has 1 aromatic carbocycles. The van der Waals surface area contributed by atoms with Gasteiger partial charge in [-0.3, -0.25) is 4.79 Å². The Labute approximate surface area is 170 Å². The van der Waals surface area contributed by atoms with Gasteiger partial charge in [0.05, 0.1) is 12.2 Å². The van der Waals surface area contributed by atoms with Gasteiger partial charge in [0.15, 0.2) is 0 Å². The fraction of sp³-hybridized carbons (Fsp3) is 0.429. The second kappa shape index (κ2) is 8.27. The molecule has 28 heavy (non-hydrogen) atoms. The number of carbonyl (C=O) groups excluding carboxylic acids is 2. The number of hydrogen-bond acceptors (Lipinski definition) is 4. The summed E-state index contributed by atoms with van der Waals surface area (Å²) in [5.74, 6) is -0.479. The van der Waals surface area contributed by atoms with Crippen molar-refractivity contribution in [3.05, 3.63) is 51.3 Å². The number of rotatable bonds is 4. The van der Waals surface area contributed by atoms with Gasteiger partial charge in [0.2, 0.25) is 0 Å². The van der Waals surface area contributed by atoms with Crippen LogP contribution in [0, 0.1) is 20.8 Å². The van der Waals surface area contributed by atoms with Gasteiger partial charge in [0.1, 0.15) is 5.69 Å². The number of piperazine rings is 1. The van der Waals surface area contributed by atoms with Gasteiger partial charge < -0.3 is 19.5 Å². The van der Waals surface area contributed by atoms with Crippen LogP contribution in [0.15, 0.2) is 18.2 Å². The van der Waals surface area contributed by atoms with Gasteiger partial charge in [0, 0.05) is 42.6 Å². The lowest BCUT2D eigenvalue weighted by Crippen LogP contribution is -2.49. The predicted octanol–water partition coefficient (Wildman–Crippen LogP) is 3.73. The molecule has 0 bridgehead atoms. The maximum atomic E-state index is 13.0. The van der Waals surface area contributed by atoms with Crippen molar-refractivity contribution in [1.82, 2.24) is 9.88 Å². The number of aromatic nitrogens is 1. The van der Waals surface area contributed by atoms with Crippen LogP contribution in [0.1, 0.15) is 44.6 Å². The number of nitrogens with one attached hydrogen (secondary N) is 1. The van der Waals surface area contributed by atoms with E-state index in [4.69, 9.17) is 16.3 Å². The van der Waals surface area contributed by atoms with E-state index in [0.717, 1.165) is 18.8 Å². The molecule has 0 unspecified atom stereocenters. The lowest BCUT2D eigenvalue weighted by atomic mass is 10.1. The van der Waals surface area contributed by atoms with Crippen molar-refractivity contribution in [2.45, 2.75) is 27.7 Å². The average molecular weight is 404 g/mol. The first-order valence-corrected chi connectivity index (χ1v) is 9.88. The SMILES string of the molecule is CCOC(=O)c1c(C)[nH]c(C(=O)N2CCN(c3cc(Cl)ccc3C)CC2)c1C. The zero-order valence-electron chi connectivity index (χ0n) is 16.8. The summed E-state index contributed by atoms with van der Waals surface area (Å²) in [6, 6.07) is 5.87. The van der Waals surface area contributed by atoms with Crippen LogP contribution >= 0.6 is 11.6 Å². The number of aryl methyl sites for hydroxylation is 2. The van der Waals surface area contributed by atoms with E-state index < -0.39 is 5.97 Å². The third kappa shape index (κ3) is 3.87. The summed E-state index contributed by atoms with van der Waals surface area (Å²) in [5, 5.41) is 0.711. The lowest BCUT2D eigenvalue weighted by Gasteiger charge is -2.36. The highest BCUT2D eigenvalue weighted by Gasteiger charge is 2.28. The van der Waals surface area contributed by atoms with E-state index in [0.29, 0.717) is 47.2 Å². The number of carbonyl (C=O) groups is 2. The van der Waals surface area contributed by atoms with Crippen molar-refractivity contribution in [3.8, 4) is 0 Å². The molecule has 0 spiro atoms. The molecule has 2 aromatic rings. The molecule has 1 saturated heterocycles. The highest BCUT2D eigenvalue weighted by atomic mass is 35.5. The highest BCUT2D eigenvalue weighted by Crippen LogP contribution is 2.26. The second-order valence-corrected chi connectivity index (χ2v) is 7.49. The van der Waals surface area contributed by atoms with E-state index in [1.54, 1.807) is 20.8 Å². The van der Waals surface area contributed by atoms with Crippen LogP contribution in [0.4, 0.5) is 5.69 Å². The topological polar surface area (TPSA) is 65.6 Å². The van der Waals surface area contributed by atoms with Crippen LogP contribution in [-0.2, 0) is 4.74 Å². The largest absolute Gasteiger partial charge is 0.462 e. The monoisotopic (exact) mass is 403 g/mol. The number of hydrogen-bond donors (Lipinski definition) is 1. The van der Waals surface area contributed by atoms with Crippen LogP contribution in [0.5, 0.6) is 0 Å². The minimum atomic E-state index is -0.394. The van der Waals surface area contributed by atoms with E-state index in [-0.39, 0.29) is 5.91 Å². The molecule has 7 heteroatoms. The Kier molecular flexibility index (Phi) is 5.98. The summed E-state index contributed by atoms with van der Waals surface area (Å²) in [6.07, 6.45) is 0. The minimum absolute atomic E-state index is 0.0846. The van der Waals surface area contributed by atoms with E-state index in [1.165, 1.54) is 5.56 Å². The molecule has 3 rings (SSSR count). The van der Waals surface area contributed by atoms with Crippen molar-refractivity contribution in [2.24, 2.45) is 0 Å². The quantitative estimate of drug-likeness (QED) is 0.790. The van der Waals surface area contributed by atoms with Crippen molar-refractivity contribution in [1.29, 1.82) is 0 Å². The molecular weight excluding hydrogens is 378 g/mol. The zero-order chi connectivity index (χ0) is 20.4. The molecule has 150 valence electrons. The Morgan fingerprint density at radius 2 is 1.82 bits per heavy atom. The van der Waals surface area contributed by atoms with E-state index in [9.17, 15) is 9.59 Å². The van der Waals surface area contributed by atoms with Gasteiger partial charge in [0.25, 0.3) is 5.91 Å². The van der Waals surface area contributed by atoms with Gasteiger partial charge in [-0.05, 0) is 51.0 Å². The van der Waals surface area contributed by atoms with Crippen LogP contribution in [0.25, 0.3) is 0 Å². The Hall–Kier alpha value is -2.47. The summed E-state index contributed by atoms with van der Waals surface area (Å²) in [6.45, 7) is 10.4. The van der Waals surface area contributed by atoms with E-state index in [2.05, 4.69) is 16.8 Å². The number of H-pyrrole nitrogens is 1. The molecular formula is C21H26ClN3O3. The third-order valence-electron chi connectivity index (χ3n) is 5.21. The molecule has 1 aromatic heterocycles. The summed E-state index contributed by atoms with van der Waals surface area (Å²) in [4.78, 5) is 32.4. The first kappa shape index (κ1) is 20.3. The van der Waals surface area contributed by atoms with E-state index in [1.807, 2.05) is 23.1 Å². The van der Waals surface area contributed by atoms with Crippen molar-refractivity contribution >= 4 is 29.2 Å². The number of aromatic amines is 1. The molecule has 1 aliphatic rings. The molecule has 6 nitrogen and oxygen atoms in total. The molecule has 0 atom stereocenters. The maximum absolute atomic E-state index is 13.0. The smallest absolute Gasteiger partial charge is 0.340 e. The number of amides is 1. The number of ether oxygens (including phenoxy) is 1. The highest BCUT2D eigenvalue weighted by molar-refractivity contribution is 6.30. The Morgan fingerprint density at radius 1 is 1.14 bits per heavy atom. The standard InChI is InChI=1S/C21H26ClN3O3/c1-5-28-21(27)18-14(3)19(23-15(18)4)20(26)25-10-8-24(9-11-25)17-12-16(22)7-6-13(17)2/h6-7,12,23H,5,8-11H2,1-4H3. The first-order valence-electron chi connectivity index (χ1n) is 9.50. The minimum Gasteiger partial charge on any atom is -0.462 e. The number of halogens is 1. The van der Waals surface area contributed by atoms with Crippen molar-refractivity contribution in [3.63, 3.8) is 0 Å². The first-order chi connectivity index (χ1) is 13.3. The Morgan fingerprint density at radius 3 is 2.46 bits per heavy atom. The summed E-state index contributed by atoms with van der Waals surface area (Å²) in [7, 11) is 0. The van der Waals surface area contributed by atoms with Crippen LogP contribution < -0.4 is 4.90 Å². The summed E-state index contributed by atoms with van der Waals surface area (Å²) >= 11 is 6.14. The summed E-state index contributed by atoms with van der Waals surface area (Å²) in [5.41, 5.74) is 4.50. The predicted molar refractivity (Wildman–Crippen MR) is 111 cm³/mol. The molecule has 1 aliphatic heterocycles. The van der Waals surface area contributed by atoms with Gasteiger partial charge in [-0.15, -0.1) is 0 Å². The number of anilines is 1. The Bertz CT molecular complexity index is 899.